The van der Waals surface area contributed by atoms with Crippen LogP contribution in [0.15, 0.2) is 40.9 Å². The smallest absolute Gasteiger partial charge is 0.245 e. The quantitative estimate of drug-likeness (QED) is 0.820. The van der Waals surface area contributed by atoms with Crippen LogP contribution in [0.25, 0.3) is 0 Å². The lowest BCUT2D eigenvalue weighted by atomic mass is 10.2. The highest BCUT2D eigenvalue weighted by atomic mass is 16.5. The largest absolute Gasteiger partial charge is 0.391 e. The molecule has 1 atom stereocenters. The molecule has 6 nitrogen and oxygen atoms in total. The fraction of sp³-hybridized carbons (Fsp3) is 0.375. The maximum absolute atomic E-state index is 12.2. The molecule has 0 aliphatic rings. The van der Waals surface area contributed by atoms with Crippen molar-refractivity contribution in [2.24, 2.45) is 0 Å². The van der Waals surface area contributed by atoms with Crippen molar-refractivity contribution in [1.82, 2.24) is 5.16 Å². The van der Waals surface area contributed by atoms with Crippen molar-refractivity contribution in [3.63, 3.8) is 0 Å². The molecule has 0 fully saturated rings. The number of carbonyl (C=O) groups is 1. The molecule has 0 saturated carbocycles. The van der Waals surface area contributed by atoms with E-state index >= 15 is 0 Å². The van der Waals surface area contributed by atoms with Gasteiger partial charge in [0.15, 0.2) is 5.82 Å². The van der Waals surface area contributed by atoms with Gasteiger partial charge in [0.2, 0.25) is 5.91 Å². The highest BCUT2D eigenvalue weighted by Crippen LogP contribution is 2.15. The number of aliphatic hydroxyl groups excluding tert-OH is 1. The number of aryl methyl sites for hydroxylation is 1. The van der Waals surface area contributed by atoms with E-state index in [0.29, 0.717) is 24.5 Å². The van der Waals surface area contributed by atoms with Crippen LogP contribution in [0.4, 0.5) is 11.5 Å². The summed E-state index contributed by atoms with van der Waals surface area (Å²) in [6.07, 6.45) is 0.148. The standard InChI is InChI=1S/C16H21N3O3/c1-3-14(20)10-19(13-7-5-4-6-8-13)11-16(21)17-15-9-12(2)22-18-15/h4-9,14,20H,3,10-11H2,1-2H3,(H,17,18,21)/t14-/m1/s1. The molecular formula is C16H21N3O3. The number of aromatic nitrogens is 1. The van der Waals surface area contributed by atoms with Crippen molar-refractivity contribution in [2.75, 3.05) is 23.3 Å². The normalized spacial score (nSPS) is 12.0. The zero-order chi connectivity index (χ0) is 15.9. The van der Waals surface area contributed by atoms with Gasteiger partial charge in [-0.2, -0.15) is 0 Å². The van der Waals surface area contributed by atoms with Gasteiger partial charge in [0, 0.05) is 18.3 Å². The first kappa shape index (κ1) is 16.0. The molecule has 118 valence electrons. The molecule has 0 saturated heterocycles. The van der Waals surface area contributed by atoms with E-state index in [1.165, 1.54) is 0 Å². The maximum atomic E-state index is 12.2. The molecule has 0 aliphatic carbocycles. The molecule has 1 aromatic carbocycles. The molecule has 0 radical (unpaired) electrons. The predicted molar refractivity (Wildman–Crippen MR) is 84.8 cm³/mol. The lowest BCUT2D eigenvalue weighted by Crippen LogP contribution is -2.38. The average molecular weight is 303 g/mol. The molecule has 2 rings (SSSR count). The first-order valence-corrected chi connectivity index (χ1v) is 7.29. The van der Waals surface area contributed by atoms with E-state index in [4.69, 9.17) is 4.52 Å². The molecule has 0 spiro atoms. The maximum Gasteiger partial charge on any atom is 0.245 e. The summed E-state index contributed by atoms with van der Waals surface area (Å²) in [5, 5.41) is 16.3. The van der Waals surface area contributed by atoms with Crippen LogP contribution in [-0.2, 0) is 4.79 Å². The second-order valence-electron chi connectivity index (χ2n) is 5.15. The Labute approximate surface area is 129 Å². The highest BCUT2D eigenvalue weighted by molar-refractivity contribution is 5.93. The van der Waals surface area contributed by atoms with Gasteiger partial charge in [-0.15, -0.1) is 0 Å². The fourth-order valence-electron chi connectivity index (χ4n) is 2.06. The average Bonchev–Trinajstić information content (AvgIpc) is 2.92. The summed E-state index contributed by atoms with van der Waals surface area (Å²) in [5.41, 5.74) is 0.890. The number of benzene rings is 1. The van der Waals surface area contributed by atoms with Crippen molar-refractivity contribution in [2.45, 2.75) is 26.4 Å². The molecule has 0 unspecified atom stereocenters. The SMILES string of the molecule is CC[C@@H](O)CN(CC(=O)Nc1cc(C)on1)c1ccccc1. The van der Waals surface area contributed by atoms with Crippen LogP contribution in [0.3, 0.4) is 0 Å². The van der Waals surface area contributed by atoms with Crippen molar-refractivity contribution in [3.05, 3.63) is 42.2 Å². The molecule has 2 N–H and O–H groups in total. The third-order valence-electron chi connectivity index (χ3n) is 3.25. The van der Waals surface area contributed by atoms with Crippen molar-refractivity contribution in [3.8, 4) is 0 Å². The van der Waals surface area contributed by atoms with Gasteiger partial charge >= 0.3 is 0 Å². The molecule has 0 aliphatic heterocycles. The minimum Gasteiger partial charge on any atom is -0.391 e. The van der Waals surface area contributed by atoms with Crippen LogP contribution < -0.4 is 10.2 Å². The molecule has 1 heterocycles. The van der Waals surface area contributed by atoms with E-state index in [-0.39, 0.29) is 12.5 Å². The Balaban J connectivity index is 2.03. The Morgan fingerprint density at radius 2 is 2.14 bits per heavy atom. The zero-order valence-electron chi connectivity index (χ0n) is 12.8. The number of hydrogen-bond donors (Lipinski definition) is 2. The van der Waals surface area contributed by atoms with Gasteiger partial charge < -0.3 is 19.8 Å². The Kier molecular flexibility index (Phi) is 5.55. The fourth-order valence-corrected chi connectivity index (χ4v) is 2.06. The van der Waals surface area contributed by atoms with E-state index in [1.54, 1.807) is 13.0 Å². The van der Waals surface area contributed by atoms with E-state index in [2.05, 4.69) is 10.5 Å². The van der Waals surface area contributed by atoms with Crippen LogP contribution >= 0.6 is 0 Å². The second kappa shape index (κ2) is 7.61. The Morgan fingerprint density at radius 1 is 1.41 bits per heavy atom. The van der Waals surface area contributed by atoms with Crippen LogP contribution in [0.5, 0.6) is 0 Å². The van der Waals surface area contributed by atoms with Gasteiger partial charge in [-0.05, 0) is 25.5 Å². The number of rotatable bonds is 7. The Bertz CT molecular complexity index is 598. The van der Waals surface area contributed by atoms with Crippen LogP contribution in [0.2, 0.25) is 0 Å². The van der Waals surface area contributed by atoms with E-state index < -0.39 is 6.10 Å². The van der Waals surface area contributed by atoms with Crippen molar-refractivity contribution in [1.29, 1.82) is 0 Å². The summed E-state index contributed by atoms with van der Waals surface area (Å²) in [7, 11) is 0. The number of carbonyl (C=O) groups excluding carboxylic acids is 1. The third kappa shape index (κ3) is 4.60. The number of amides is 1. The Hall–Kier alpha value is -2.34. The molecule has 22 heavy (non-hydrogen) atoms. The van der Waals surface area contributed by atoms with E-state index in [1.807, 2.05) is 42.2 Å². The summed E-state index contributed by atoms with van der Waals surface area (Å²) in [6, 6.07) is 11.2. The van der Waals surface area contributed by atoms with Gasteiger partial charge in [0.25, 0.3) is 0 Å². The molecule has 1 amide bonds. The first-order valence-electron chi connectivity index (χ1n) is 7.29. The number of nitrogens with zero attached hydrogens (tertiary/aromatic N) is 2. The minimum absolute atomic E-state index is 0.132. The second-order valence-corrected chi connectivity index (χ2v) is 5.15. The molecular weight excluding hydrogens is 282 g/mol. The number of aliphatic hydroxyl groups is 1. The third-order valence-corrected chi connectivity index (χ3v) is 3.25. The summed E-state index contributed by atoms with van der Waals surface area (Å²) in [6.45, 7) is 4.20. The lowest BCUT2D eigenvalue weighted by Gasteiger charge is -2.26. The highest BCUT2D eigenvalue weighted by Gasteiger charge is 2.16. The predicted octanol–water partition coefficient (Wildman–Crippen LogP) is 2.20. The molecule has 1 aromatic heterocycles. The zero-order valence-corrected chi connectivity index (χ0v) is 12.8. The van der Waals surface area contributed by atoms with E-state index in [0.717, 1.165) is 5.69 Å². The minimum atomic E-state index is -0.484. The number of para-hydroxylation sites is 1. The van der Waals surface area contributed by atoms with Crippen molar-refractivity contribution < 1.29 is 14.4 Å². The number of anilines is 2. The van der Waals surface area contributed by atoms with Crippen LogP contribution in [0, 0.1) is 6.92 Å². The monoisotopic (exact) mass is 303 g/mol. The van der Waals surface area contributed by atoms with Gasteiger partial charge in [-0.25, -0.2) is 0 Å². The molecule has 6 heteroatoms. The van der Waals surface area contributed by atoms with Gasteiger partial charge in [0.05, 0.1) is 12.6 Å². The summed E-state index contributed by atoms with van der Waals surface area (Å²) < 4.78 is 4.92. The van der Waals surface area contributed by atoms with Crippen molar-refractivity contribution >= 4 is 17.4 Å². The summed E-state index contributed by atoms with van der Waals surface area (Å²) in [4.78, 5) is 14.0. The number of nitrogens with one attached hydrogen (secondary N) is 1. The van der Waals surface area contributed by atoms with E-state index in [9.17, 15) is 9.90 Å². The summed E-state index contributed by atoms with van der Waals surface area (Å²) in [5.74, 6) is 0.823. The topological polar surface area (TPSA) is 78.6 Å². The van der Waals surface area contributed by atoms with Crippen LogP contribution in [-0.4, -0.2) is 35.4 Å². The van der Waals surface area contributed by atoms with Gasteiger partial charge in [-0.1, -0.05) is 30.3 Å². The first-order chi connectivity index (χ1) is 10.6. The van der Waals surface area contributed by atoms with Crippen LogP contribution in [0.1, 0.15) is 19.1 Å². The van der Waals surface area contributed by atoms with Gasteiger partial charge in [-0.3, -0.25) is 4.79 Å². The molecule has 2 aromatic rings. The van der Waals surface area contributed by atoms with Gasteiger partial charge in [0.1, 0.15) is 5.76 Å². The number of hydrogen-bond acceptors (Lipinski definition) is 5. The molecule has 0 bridgehead atoms. The Morgan fingerprint density at radius 3 is 2.73 bits per heavy atom. The lowest BCUT2D eigenvalue weighted by molar-refractivity contribution is -0.115. The summed E-state index contributed by atoms with van der Waals surface area (Å²) >= 11 is 0.